The first-order chi connectivity index (χ1) is 6.76. The molecular weight excluding hydrogens is 188 g/mol. The van der Waals surface area contributed by atoms with Gasteiger partial charge in [0.25, 0.3) is 0 Å². The molecular formula is C13H22S. The first kappa shape index (κ1) is 13.6. The molecule has 0 aliphatic rings. The maximum Gasteiger partial charge on any atom is 0.0154 e. The zero-order chi connectivity index (χ0) is 11.0. The van der Waals surface area contributed by atoms with E-state index in [2.05, 4.69) is 44.7 Å². The third-order valence-corrected chi connectivity index (χ3v) is 2.28. The van der Waals surface area contributed by atoms with Crippen molar-refractivity contribution in [3.63, 3.8) is 0 Å². The zero-order valence-corrected chi connectivity index (χ0v) is 10.7. The molecule has 0 aromatic heterocycles. The van der Waals surface area contributed by atoms with E-state index in [0.717, 1.165) is 5.75 Å². The van der Waals surface area contributed by atoms with Crippen LogP contribution in [0.1, 0.15) is 43.9 Å². The summed E-state index contributed by atoms with van der Waals surface area (Å²) in [4.78, 5) is 0. The van der Waals surface area contributed by atoms with Gasteiger partial charge in [-0.1, -0.05) is 51.0 Å². The Bertz CT molecular complexity index is 253. The molecule has 0 aliphatic carbocycles. The van der Waals surface area contributed by atoms with Gasteiger partial charge in [0.2, 0.25) is 0 Å². The van der Waals surface area contributed by atoms with Crippen molar-refractivity contribution in [1.82, 2.24) is 0 Å². The van der Waals surface area contributed by atoms with Crippen LogP contribution in [0.4, 0.5) is 0 Å². The van der Waals surface area contributed by atoms with Crippen LogP contribution in [-0.4, -0.2) is 0 Å². The normalized spacial score (nSPS) is 9.21. The summed E-state index contributed by atoms with van der Waals surface area (Å²) < 4.78 is 0. The van der Waals surface area contributed by atoms with Gasteiger partial charge in [0.05, 0.1) is 0 Å². The predicted molar refractivity (Wildman–Crippen MR) is 69.2 cm³/mol. The van der Waals surface area contributed by atoms with Gasteiger partial charge in [-0.25, -0.2) is 0 Å². The molecule has 0 spiro atoms. The van der Waals surface area contributed by atoms with Crippen LogP contribution in [0, 0.1) is 6.92 Å². The average molecular weight is 210 g/mol. The van der Waals surface area contributed by atoms with Crippen LogP contribution in [0.2, 0.25) is 0 Å². The molecule has 1 aromatic carbocycles. The standard InChI is InChI=1S/C11H16S.C2H6/c1-3-4-10-5-9(2)6-11(7-10)8-12;1-2/h5-7,12H,3-4,8H2,1-2H3;1-2H3. The lowest BCUT2D eigenvalue weighted by Gasteiger charge is -2.04. The Balaban J connectivity index is 0.000000791. The summed E-state index contributed by atoms with van der Waals surface area (Å²) in [6, 6.07) is 6.71. The lowest BCUT2D eigenvalue weighted by molar-refractivity contribution is 0.918. The van der Waals surface area contributed by atoms with Crippen LogP contribution < -0.4 is 0 Å². The summed E-state index contributed by atoms with van der Waals surface area (Å²) >= 11 is 4.27. The molecule has 80 valence electrons. The first-order valence-corrected chi connectivity index (χ1v) is 6.09. The molecule has 0 atom stereocenters. The molecule has 0 aliphatic heterocycles. The smallest absolute Gasteiger partial charge is 0.0154 e. The van der Waals surface area contributed by atoms with E-state index in [-0.39, 0.29) is 0 Å². The quantitative estimate of drug-likeness (QED) is 0.702. The minimum Gasteiger partial charge on any atom is -0.175 e. The first-order valence-electron chi connectivity index (χ1n) is 5.46. The van der Waals surface area contributed by atoms with Crippen LogP contribution in [0.25, 0.3) is 0 Å². The SMILES string of the molecule is CC.CCCc1cc(C)cc(CS)c1. The van der Waals surface area contributed by atoms with Crippen molar-refractivity contribution in [2.75, 3.05) is 0 Å². The molecule has 0 heterocycles. The minimum atomic E-state index is 0.846. The Kier molecular flexibility index (Phi) is 7.68. The Labute approximate surface area is 94.1 Å². The fourth-order valence-corrected chi connectivity index (χ4v) is 1.65. The van der Waals surface area contributed by atoms with E-state index < -0.39 is 0 Å². The van der Waals surface area contributed by atoms with Gasteiger partial charge >= 0.3 is 0 Å². The molecule has 0 amide bonds. The molecule has 0 bridgehead atoms. The topological polar surface area (TPSA) is 0 Å². The monoisotopic (exact) mass is 210 g/mol. The highest BCUT2D eigenvalue weighted by molar-refractivity contribution is 7.79. The lowest BCUT2D eigenvalue weighted by Crippen LogP contribution is -1.88. The second kappa shape index (κ2) is 7.93. The number of rotatable bonds is 3. The molecule has 0 unspecified atom stereocenters. The largest absolute Gasteiger partial charge is 0.175 e. The third kappa shape index (κ3) is 4.71. The summed E-state index contributed by atoms with van der Waals surface area (Å²) in [6.45, 7) is 8.36. The summed E-state index contributed by atoms with van der Waals surface area (Å²) in [5, 5.41) is 0. The number of thiol groups is 1. The molecule has 0 saturated carbocycles. The molecule has 0 nitrogen and oxygen atoms in total. The van der Waals surface area contributed by atoms with Gasteiger partial charge in [0.15, 0.2) is 0 Å². The maximum atomic E-state index is 4.27. The molecule has 14 heavy (non-hydrogen) atoms. The van der Waals surface area contributed by atoms with E-state index in [1.54, 1.807) is 0 Å². The Morgan fingerprint density at radius 1 is 1.07 bits per heavy atom. The van der Waals surface area contributed by atoms with Gasteiger partial charge in [-0.05, 0) is 24.5 Å². The van der Waals surface area contributed by atoms with E-state index in [1.807, 2.05) is 13.8 Å². The van der Waals surface area contributed by atoms with Crippen LogP contribution in [0.3, 0.4) is 0 Å². The van der Waals surface area contributed by atoms with Crippen molar-refractivity contribution in [3.8, 4) is 0 Å². The van der Waals surface area contributed by atoms with E-state index >= 15 is 0 Å². The fourth-order valence-electron chi connectivity index (χ4n) is 1.47. The molecule has 0 saturated heterocycles. The molecule has 0 fully saturated rings. The second-order valence-electron chi connectivity index (χ2n) is 3.23. The van der Waals surface area contributed by atoms with Crippen LogP contribution in [0.15, 0.2) is 18.2 Å². The van der Waals surface area contributed by atoms with Crippen molar-refractivity contribution in [3.05, 3.63) is 34.9 Å². The van der Waals surface area contributed by atoms with Crippen molar-refractivity contribution in [1.29, 1.82) is 0 Å². The highest BCUT2D eigenvalue weighted by Gasteiger charge is 1.96. The fraction of sp³-hybridized carbons (Fsp3) is 0.538. The summed E-state index contributed by atoms with van der Waals surface area (Å²) in [5.41, 5.74) is 4.13. The van der Waals surface area contributed by atoms with Crippen molar-refractivity contribution in [2.24, 2.45) is 0 Å². The van der Waals surface area contributed by atoms with Crippen molar-refractivity contribution >= 4 is 12.6 Å². The summed E-state index contributed by atoms with van der Waals surface area (Å²) in [5.74, 6) is 0.846. The number of hydrogen-bond acceptors (Lipinski definition) is 1. The highest BCUT2D eigenvalue weighted by atomic mass is 32.1. The number of hydrogen-bond donors (Lipinski definition) is 1. The van der Waals surface area contributed by atoms with E-state index in [0.29, 0.717) is 0 Å². The summed E-state index contributed by atoms with van der Waals surface area (Å²) in [6.07, 6.45) is 2.40. The van der Waals surface area contributed by atoms with Gasteiger partial charge in [0, 0.05) is 5.75 Å². The molecule has 1 rings (SSSR count). The molecule has 0 radical (unpaired) electrons. The van der Waals surface area contributed by atoms with E-state index in [1.165, 1.54) is 29.5 Å². The van der Waals surface area contributed by atoms with Crippen LogP contribution in [-0.2, 0) is 12.2 Å². The molecule has 0 N–H and O–H groups in total. The molecule has 1 aromatic rings. The van der Waals surface area contributed by atoms with Gasteiger partial charge in [0.1, 0.15) is 0 Å². The van der Waals surface area contributed by atoms with E-state index in [4.69, 9.17) is 0 Å². The van der Waals surface area contributed by atoms with Gasteiger partial charge in [-0.2, -0.15) is 12.6 Å². The minimum absolute atomic E-state index is 0.846. The average Bonchev–Trinajstić information content (AvgIpc) is 2.20. The summed E-state index contributed by atoms with van der Waals surface area (Å²) in [7, 11) is 0. The predicted octanol–water partition coefficient (Wildman–Crippen LogP) is 4.40. The number of benzene rings is 1. The third-order valence-electron chi connectivity index (χ3n) is 1.92. The molecule has 1 heteroatoms. The van der Waals surface area contributed by atoms with Crippen molar-refractivity contribution < 1.29 is 0 Å². The van der Waals surface area contributed by atoms with Crippen LogP contribution >= 0.6 is 12.6 Å². The lowest BCUT2D eigenvalue weighted by atomic mass is 10.0. The van der Waals surface area contributed by atoms with E-state index in [9.17, 15) is 0 Å². The van der Waals surface area contributed by atoms with Gasteiger partial charge in [-0.3, -0.25) is 0 Å². The van der Waals surface area contributed by atoms with Crippen LogP contribution in [0.5, 0.6) is 0 Å². The van der Waals surface area contributed by atoms with Gasteiger partial charge in [-0.15, -0.1) is 0 Å². The Hall–Kier alpha value is -0.430. The second-order valence-corrected chi connectivity index (χ2v) is 3.55. The maximum absolute atomic E-state index is 4.27. The van der Waals surface area contributed by atoms with Gasteiger partial charge < -0.3 is 0 Å². The zero-order valence-electron chi connectivity index (χ0n) is 9.80. The number of aryl methyl sites for hydroxylation is 2. The highest BCUT2D eigenvalue weighted by Crippen LogP contribution is 2.12. The Morgan fingerprint density at radius 3 is 2.14 bits per heavy atom. The Morgan fingerprint density at radius 2 is 1.64 bits per heavy atom. The van der Waals surface area contributed by atoms with Crippen molar-refractivity contribution in [2.45, 2.75) is 46.3 Å².